The van der Waals surface area contributed by atoms with Crippen molar-refractivity contribution >= 4 is 26.0 Å². The zero-order chi connectivity index (χ0) is 30.7. The summed E-state index contributed by atoms with van der Waals surface area (Å²) in [4.78, 5) is 1.76. The van der Waals surface area contributed by atoms with E-state index in [1.165, 1.54) is 0 Å². The molecule has 1 fully saturated rings. The van der Waals surface area contributed by atoms with Gasteiger partial charge in [0.2, 0.25) is 5.52 Å². The zero-order valence-corrected chi connectivity index (χ0v) is 27.0. The summed E-state index contributed by atoms with van der Waals surface area (Å²) in [6, 6.07) is 37.3. The van der Waals surface area contributed by atoms with Crippen LogP contribution in [0, 0.1) is 0 Å². The number of rotatable bonds is 15. The average Bonchev–Trinajstić information content (AvgIpc) is 3.08. The van der Waals surface area contributed by atoms with E-state index in [-0.39, 0.29) is 39.5 Å². The molecule has 0 atom stereocenters. The van der Waals surface area contributed by atoms with Gasteiger partial charge in [0.15, 0.2) is 0 Å². The fourth-order valence-corrected chi connectivity index (χ4v) is 11.3. The van der Waals surface area contributed by atoms with Crippen molar-refractivity contribution in [2.45, 2.75) is 32.0 Å². The Morgan fingerprint density at radius 1 is 0.523 bits per heavy atom. The first-order chi connectivity index (χ1) is 21.4. The number of benzene rings is 4. The molecule has 4 aromatic carbocycles. The molecule has 0 spiro atoms. The third-order valence-electron chi connectivity index (χ3n) is 7.12. The highest BCUT2D eigenvalue weighted by atomic mass is 32.2. The fourth-order valence-electron chi connectivity index (χ4n) is 4.75. The normalized spacial score (nSPS) is 15.0. The van der Waals surface area contributed by atoms with Gasteiger partial charge in [0.05, 0.1) is 26.4 Å². The molecule has 1 saturated heterocycles. The van der Waals surface area contributed by atoms with E-state index in [2.05, 4.69) is 0 Å². The van der Waals surface area contributed by atoms with Gasteiger partial charge in [-0.25, -0.2) is 0 Å². The maximum Gasteiger partial charge on any atom is 0.360 e. The molecule has 0 bridgehead atoms. The number of nitrogens with zero attached hydrogens (tertiary/aromatic N) is 1. The highest BCUT2D eigenvalue weighted by molar-refractivity contribution is 7.85. The summed E-state index contributed by atoms with van der Waals surface area (Å²) in [5, 5.41) is 0. The largest absolute Gasteiger partial charge is 0.360 e. The summed E-state index contributed by atoms with van der Waals surface area (Å²) in [5.41, 5.74) is 1.71. The molecule has 8 nitrogen and oxygen atoms in total. The van der Waals surface area contributed by atoms with Crippen LogP contribution in [-0.4, -0.2) is 39.2 Å². The molecule has 0 aromatic heterocycles. The molecule has 0 unspecified atom stereocenters. The fraction of sp³-hybridized carbons (Fsp3) is 0.273. The van der Waals surface area contributed by atoms with E-state index < -0.39 is 31.5 Å². The minimum Gasteiger partial charge on any atom is -0.302 e. The Hall–Kier alpha value is -2.71. The van der Waals surface area contributed by atoms with Gasteiger partial charge in [-0.2, -0.15) is 0 Å². The maximum absolute atomic E-state index is 15.2. The van der Waals surface area contributed by atoms with Crippen molar-refractivity contribution in [3.63, 3.8) is 0 Å². The van der Waals surface area contributed by atoms with E-state index in [1.807, 2.05) is 121 Å². The molecule has 5 rings (SSSR count). The van der Waals surface area contributed by atoms with Crippen molar-refractivity contribution in [1.29, 1.82) is 0 Å². The summed E-state index contributed by atoms with van der Waals surface area (Å²) >= 11 is 0. The smallest absolute Gasteiger partial charge is 0.302 e. The van der Waals surface area contributed by atoms with Crippen LogP contribution in [0.2, 0.25) is 0 Å². The Balaban J connectivity index is 1.54. The predicted molar refractivity (Wildman–Crippen MR) is 173 cm³/mol. The molecule has 1 aliphatic rings. The van der Waals surface area contributed by atoms with Gasteiger partial charge >= 0.3 is 15.2 Å². The molecule has 0 radical (unpaired) electrons. The molecule has 1 aliphatic heterocycles. The van der Waals surface area contributed by atoms with Crippen LogP contribution in [0.15, 0.2) is 121 Å². The highest BCUT2D eigenvalue weighted by Crippen LogP contribution is 2.72. The number of hydrogen-bond acceptors (Lipinski definition) is 8. The van der Waals surface area contributed by atoms with Crippen molar-refractivity contribution < 1.29 is 31.4 Å². The first-order valence-electron chi connectivity index (χ1n) is 14.5. The number of hydrogen-bond donors (Lipinski definition) is 0. The Morgan fingerprint density at radius 2 is 0.795 bits per heavy atom. The van der Waals surface area contributed by atoms with Gasteiger partial charge in [0.25, 0.3) is 0 Å². The summed E-state index contributed by atoms with van der Waals surface area (Å²) in [5.74, 6) is 0.649. The Morgan fingerprint density at radius 3 is 1.07 bits per heavy atom. The van der Waals surface area contributed by atoms with Crippen LogP contribution in [-0.2, 0) is 64.5 Å². The van der Waals surface area contributed by atoms with E-state index in [9.17, 15) is 4.21 Å². The van der Waals surface area contributed by atoms with Crippen LogP contribution in [0.4, 0.5) is 0 Å². The second kappa shape index (κ2) is 16.0. The lowest BCUT2D eigenvalue weighted by Crippen LogP contribution is -2.45. The van der Waals surface area contributed by atoms with Crippen LogP contribution >= 0.6 is 15.2 Å². The van der Waals surface area contributed by atoms with Crippen molar-refractivity contribution in [3.8, 4) is 0 Å². The van der Waals surface area contributed by atoms with Crippen molar-refractivity contribution in [2.75, 3.05) is 24.6 Å². The first kappa shape index (κ1) is 32.7. The maximum atomic E-state index is 15.2. The van der Waals surface area contributed by atoms with Gasteiger partial charge in [-0.1, -0.05) is 121 Å². The zero-order valence-electron chi connectivity index (χ0n) is 24.4. The monoisotopic (exact) mass is 653 g/mol. The third kappa shape index (κ3) is 9.16. The third-order valence-corrected chi connectivity index (χ3v) is 13.8. The molecule has 232 valence electrons. The molecule has 0 amide bonds. The van der Waals surface area contributed by atoms with E-state index in [0.29, 0.717) is 11.5 Å². The molecule has 0 aliphatic carbocycles. The standard InChI is InChI=1S/C33H37NO7P2S/c35-42(38-25-29-13-5-1-6-14-29,39-26-30-15-7-2-8-16-30)33(34-21-23-44(37)24-22-34)43(36,40-27-31-17-9-3-10-18-31)41-28-32-19-11-4-12-20-32/h1-20,33H,21-28H2. The van der Waals surface area contributed by atoms with Crippen LogP contribution in [0.3, 0.4) is 0 Å². The van der Waals surface area contributed by atoms with Crippen LogP contribution < -0.4 is 0 Å². The van der Waals surface area contributed by atoms with E-state index in [4.69, 9.17) is 18.1 Å². The summed E-state index contributed by atoms with van der Waals surface area (Å²) in [6.45, 7) is 0.359. The SMILES string of the molecule is O=S1CCN(C(P(=O)(OCc2ccccc2)OCc2ccccc2)P(=O)(OCc2ccccc2)OCc2ccccc2)CC1. The lowest BCUT2D eigenvalue weighted by molar-refractivity contribution is 0.134. The van der Waals surface area contributed by atoms with Gasteiger partial charge in [-0.05, 0) is 22.3 Å². The van der Waals surface area contributed by atoms with Crippen LogP contribution in [0.5, 0.6) is 0 Å². The second-order valence-corrected chi connectivity index (χ2v) is 16.6. The summed E-state index contributed by atoms with van der Waals surface area (Å²) in [7, 11) is -9.65. The Labute approximate surface area is 261 Å². The van der Waals surface area contributed by atoms with Crippen molar-refractivity contribution in [2.24, 2.45) is 0 Å². The molecule has 44 heavy (non-hydrogen) atoms. The molecule has 11 heteroatoms. The van der Waals surface area contributed by atoms with Gasteiger partial charge < -0.3 is 18.1 Å². The average molecular weight is 654 g/mol. The lowest BCUT2D eigenvalue weighted by Gasteiger charge is -2.40. The molecule has 4 aromatic rings. The van der Waals surface area contributed by atoms with Crippen LogP contribution in [0.25, 0.3) is 0 Å². The van der Waals surface area contributed by atoms with Gasteiger partial charge in [0, 0.05) is 35.4 Å². The first-order valence-corrected chi connectivity index (χ1v) is 19.2. The van der Waals surface area contributed by atoms with Gasteiger partial charge in [-0.3, -0.25) is 18.2 Å². The van der Waals surface area contributed by atoms with E-state index >= 15 is 9.13 Å². The predicted octanol–water partition coefficient (Wildman–Crippen LogP) is 7.59. The second-order valence-electron chi connectivity index (χ2n) is 10.3. The molecule has 1 heterocycles. The molecular weight excluding hydrogens is 616 g/mol. The van der Waals surface area contributed by atoms with E-state index in [0.717, 1.165) is 22.3 Å². The minimum atomic E-state index is -4.30. The summed E-state index contributed by atoms with van der Waals surface area (Å²) < 4.78 is 67.7. The van der Waals surface area contributed by atoms with Crippen LogP contribution in [0.1, 0.15) is 22.3 Å². The van der Waals surface area contributed by atoms with Gasteiger partial charge in [0.1, 0.15) is 0 Å². The summed E-state index contributed by atoms with van der Waals surface area (Å²) in [6.07, 6.45) is 0. The van der Waals surface area contributed by atoms with Gasteiger partial charge in [-0.15, -0.1) is 0 Å². The molecule has 0 N–H and O–H groups in total. The Kier molecular flexibility index (Phi) is 11.9. The van der Waals surface area contributed by atoms with Crippen molar-refractivity contribution in [3.05, 3.63) is 144 Å². The minimum absolute atomic E-state index is 0.0411. The highest BCUT2D eigenvalue weighted by Gasteiger charge is 2.55. The van der Waals surface area contributed by atoms with Crippen molar-refractivity contribution in [1.82, 2.24) is 4.90 Å². The Bertz CT molecular complexity index is 1350. The van der Waals surface area contributed by atoms with E-state index in [1.54, 1.807) is 4.90 Å². The quantitative estimate of drug-likeness (QED) is 0.121. The topological polar surface area (TPSA) is 91.4 Å². The lowest BCUT2D eigenvalue weighted by atomic mass is 10.2. The molecule has 0 saturated carbocycles. The molecular formula is C33H37NO7P2S.